The van der Waals surface area contributed by atoms with Crippen molar-refractivity contribution in [2.24, 2.45) is 4.99 Å². The topological polar surface area (TPSA) is 215 Å². The standard InChI is InChI=1S/C38H49F3N8O9/c1-35(2,3)56-32(52)47-29(48-33(53)57-36(4,5)6)42-19-12-20-49(34(54)58-37(7,8)9)22-23-15-17-24(18-16-23)25-21-43-30(45-28(25)50)46-31(51)44-26-13-10-11-14-27(26)55-38(39,40)41/h10-11,13-18,21H,12,19-20,22H2,1-9H3,(H2,42,47,48,52,53)(H3,43,44,45,46,50,51). The number of halogens is 3. The van der Waals surface area contributed by atoms with Gasteiger partial charge in [-0.25, -0.2) is 19.2 Å². The molecule has 5 N–H and O–H groups in total. The summed E-state index contributed by atoms with van der Waals surface area (Å²) in [5.74, 6) is -1.12. The predicted molar refractivity (Wildman–Crippen MR) is 208 cm³/mol. The monoisotopic (exact) mass is 818 g/mol. The van der Waals surface area contributed by atoms with Crippen molar-refractivity contribution in [2.75, 3.05) is 23.7 Å². The minimum atomic E-state index is -4.98. The van der Waals surface area contributed by atoms with E-state index in [2.05, 4.69) is 41.0 Å². The summed E-state index contributed by atoms with van der Waals surface area (Å²) in [6, 6.07) is 10.6. The molecule has 58 heavy (non-hydrogen) atoms. The molecular weight excluding hydrogens is 769 g/mol. The van der Waals surface area contributed by atoms with E-state index in [-0.39, 0.29) is 42.8 Å². The number of alkyl halides is 3. The number of carbonyl (C=O) groups excluding carboxylic acids is 4. The van der Waals surface area contributed by atoms with Crippen molar-refractivity contribution in [1.82, 2.24) is 25.5 Å². The Labute approximate surface area is 333 Å². The number of amides is 5. The van der Waals surface area contributed by atoms with Crippen LogP contribution in [0.1, 0.15) is 74.3 Å². The number of guanidine groups is 1. The van der Waals surface area contributed by atoms with Crippen LogP contribution in [-0.4, -0.2) is 81.4 Å². The van der Waals surface area contributed by atoms with Crippen molar-refractivity contribution >= 4 is 41.9 Å². The molecule has 3 rings (SSSR count). The third-order valence-electron chi connectivity index (χ3n) is 6.79. The molecule has 3 aromatic rings. The quantitative estimate of drug-likeness (QED) is 0.0584. The number of aliphatic imine (C=N–C) groups is 1. The average Bonchev–Trinajstić information content (AvgIpc) is 3.04. The Kier molecular flexibility index (Phi) is 15.2. The van der Waals surface area contributed by atoms with E-state index in [1.54, 1.807) is 86.6 Å². The van der Waals surface area contributed by atoms with E-state index in [4.69, 9.17) is 14.2 Å². The van der Waals surface area contributed by atoms with Crippen LogP contribution in [0.5, 0.6) is 5.75 Å². The van der Waals surface area contributed by atoms with E-state index in [9.17, 15) is 37.1 Å². The summed E-state index contributed by atoms with van der Waals surface area (Å²) in [4.78, 5) is 75.3. The van der Waals surface area contributed by atoms with Crippen LogP contribution in [0, 0.1) is 0 Å². The zero-order chi connectivity index (χ0) is 43.5. The highest BCUT2D eigenvalue weighted by atomic mass is 19.4. The summed E-state index contributed by atoms with van der Waals surface area (Å²) in [6.45, 7) is 15.6. The first-order valence-electron chi connectivity index (χ1n) is 17.9. The molecule has 20 heteroatoms. The van der Waals surface area contributed by atoms with Gasteiger partial charge >= 0.3 is 30.7 Å². The Hall–Kier alpha value is -6.34. The summed E-state index contributed by atoms with van der Waals surface area (Å²) in [5, 5.41) is 9.76. The predicted octanol–water partition coefficient (Wildman–Crippen LogP) is 7.51. The zero-order valence-corrected chi connectivity index (χ0v) is 33.7. The minimum Gasteiger partial charge on any atom is -0.444 e. The number of benzene rings is 2. The molecule has 5 amide bonds. The van der Waals surface area contributed by atoms with Crippen LogP contribution in [0.15, 0.2) is 64.5 Å². The Morgan fingerprint density at radius 3 is 2.03 bits per heavy atom. The number of aromatic nitrogens is 2. The van der Waals surface area contributed by atoms with Crippen molar-refractivity contribution < 1.29 is 51.3 Å². The van der Waals surface area contributed by atoms with Crippen LogP contribution < -0.4 is 31.6 Å². The Morgan fingerprint density at radius 1 is 0.828 bits per heavy atom. The molecule has 0 saturated carbocycles. The zero-order valence-electron chi connectivity index (χ0n) is 33.7. The number of para-hydroxylation sites is 2. The van der Waals surface area contributed by atoms with Crippen LogP contribution in [0.3, 0.4) is 0 Å². The van der Waals surface area contributed by atoms with Crippen LogP contribution in [0.2, 0.25) is 0 Å². The van der Waals surface area contributed by atoms with Gasteiger partial charge in [-0.3, -0.25) is 15.4 Å². The Bertz CT molecular complexity index is 2000. The molecule has 0 spiro atoms. The number of alkyl carbamates (subject to hydrolysis) is 1. The first-order valence-corrected chi connectivity index (χ1v) is 17.9. The van der Waals surface area contributed by atoms with E-state index >= 15 is 0 Å². The molecule has 17 nitrogen and oxygen atoms in total. The second-order valence-corrected chi connectivity index (χ2v) is 15.5. The van der Waals surface area contributed by atoms with E-state index in [1.807, 2.05) is 0 Å². The summed E-state index contributed by atoms with van der Waals surface area (Å²) >= 11 is 0. The summed E-state index contributed by atoms with van der Waals surface area (Å²) in [6.07, 6.45) is -5.76. The fourth-order valence-electron chi connectivity index (χ4n) is 4.65. The maximum absolute atomic E-state index is 13.2. The maximum Gasteiger partial charge on any atom is 0.573 e. The van der Waals surface area contributed by atoms with Crippen LogP contribution in [-0.2, 0) is 20.8 Å². The molecule has 1 heterocycles. The highest BCUT2D eigenvalue weighted by Crippen LogP contribution is 2.30. The number of hydrogen-bond acceptors (Lipinski definition) is 10. The highest BCUT2D eigenvalue weighted by Gasteiger charge is 2.32. The van der Waals surface area contributed by atoms with Crippen molar-refractivity contribution in [3.8, 4) is 16.9 Å². The van der Waals surface area contributed by atoms with Crippen LogP contribution >= 0.6 is 0 Å². The molecule has 0 aliphatic heterocycles. The number of aromatic amines is 1. The maximum atomic E-state index is 13.2. The van der Waals surface area contributed by atoms with E-state index in [0.29, 0.717) is 17.5 Å². The molecule has 0 saturated heterocycles. The number of carbonyl (C=O) groups is 4. The van der Waals surface area contributed by atoms with Crippen molar-refractivity contribution in [2.45, 2.75) is 98.4 Å². The van der Waals surface area contributed by atoms with E-state index in [1.165, 1.54) is 29.3 Å². The fourth-order valence-corrected chi connectivity index (χ4v) is 4.65. The first kappa shape index (κ1) is 46.0. The van der Waals surface area contributed by atoms with Gasteiger partial charge in [-0.05, 0) is 92.0 Å². The Morgan fingerprint density at radius 2 is 1.45 bits per heavy atom. The largest absolute Gasteiger partial charge is 0.573 e. The van der Waals surface area contributed by atoms with E-state index in [0.717, 1.165) is 6.07 Å². The number of rotatable bonds is 10. The number of anilines is 2. The number of H-pyrrole nitrogens is 1. The lowest BCUT2D eigenvalue weighted by molar-refractivity contribution is -0.274. The van der Waals surface area contributed by atoms with Gasteiger partial charge in [0, 0.05) is 25.8 Å². The molecule has 0 atom stereocenters. The lowest BCUT2D eigenvalue weighted by Crippen LogP contribution is -2.45. The highest BCUT2D eigenvalue weighted by molar-refractivity contribution is 6.00. The van der Waals surface area contributed by atoms with Crippen molar-refractivity contribution in [1.29, 1.82) is 0 Å². The second-order valence-electron chi connectivity index (χ2n) is 15.5. The summed E-state index contributed by atoms with van der Waals surface area (Å²) in [7, 11) is 0. The van der Waals surface area contributed by atoms with E-state index < -0.39 is 58.8 Å². The van der Waals surface area contributed by atoms with Crippen LogP contribution in [0.4, 0.5) is 44.0 Å². The molecule has 0 radical (unpaired) electrons. The molecule has 1 aromatic heterocycles. The van der Waals surface area contributed by atoms with Gasteiger partial charge in [0.05, 0.1) is 11.3 Å². The van der Waals surface area contributed by atoms with Crippen molar-refractivity contribution in [3.63, 3.8) is 0 Å². The number of ether oxygens (including phenoxy) is 4. The minimum absolute atomic E-state index is 0.105. The van der Waals surface area contributed by atoms with Crippen LogP contribution in [0.25, 0.3) is 11.1 Å². The van der Waals surface area contributed by atoms with Gasteiger partial charge in [-0.15, -0.1) is 18.2 Å². The molecule has 0 aliphatic rings. The molecule has 316 valence electrons. The smallest absolute Gasteiger partial charge is 0.444 e. The van der Waals surface area contributed by atoms with Gasteiger partial charge in [0.2, 0.25) is 11.9 Å². The average molecular weight is 819 g/mol. The molecule has 0 aliphatic carbocycles. The second kappa shape index (κ2) is 19.2. The van der Waals surface area contributed by atoms with Gasteiger partial charge in [0.1, 0.15) is 16.8 Å². The SMILES string of the molecule is CC(C)(C)OC(=O)/N=C(\NCCCN(Cc1ccc(-c2c[nH]c(NC(=O)Nc3ccccc3OC(F)(F)F)nc2=O)cc1)C(=O)OC(C)(C)C)NC(=O)OC(C)(C)C. The molecular formula is C38H49F3N8O9. The third kappa shape index (κ3) is 17.2. The van der Waals surface area contributed by atoms with Crippen molar-refractivity contribution in [3.05, 3.63) is 70.6 Å². The van der Waals surface area contributed by atoms with Gasteiger partial charge in [0.25, 0.3) is 5.56 Å². The van der Waals surface area contributed by atoms with Gasteiger partial charge < -0.3 is 39.5 Å². The number of nitrogens with zero attached hydrogens (tertiary/aromatic N) is 3. The molecule has 0 bridgehead atoms. The lowest BCUT2D eigenvalue weighted by atomic mass is 10.1. The van der Waals surface area contributed by atoms with Gasteiger partial charge in [-0.1, -0.05) is 36.4 Å². The Balaban J connectivity index is 1.69. The normalized spacial score (nSPS) is 12.2. The lowest BCUT2D eigenvalue weighted by Gasteiger charge is -2.27. The molecule has 0 unspecified atom stereocenters. The number of nitrogens with one attached hydrogen (secondary N) is 5. The first-order chi connectivity index (χ1) is 26.7. The fraction of sp³-hybridized carbons (Fsp3) is 0.447. The summed E-state index contributed by atoms with van der Waals surface area (Å²) in [5.41, 5.74) is -2.18. The molecule has 0 fully saturated rings. The number of hydrogen-bond donors (Lipinski definition) is 5. The third-order valence-corrected chi connectivity index (χ3v) is 6.79. The summed E-state index contributed by atoms with van der Waals surface area (Å²) < 4.78 is 58.3. The van der Waals surface area contributed by atoms with Gasteiger partial charge in [-0.2, -0.15) is 4.98 Å². The van der Waals surface area contributed by atoms with Gasteiger partial charge in [0.15, 0.2) is 5.75 Å². The number of urea groups is 1. The molecule has 2 aromatic carbocycles.